The summed E-state index contributed by atoms with van der Waals surface area (Å²) in [4.78, 5) is 2.52. The maximum atomic E-state index is 2.68. The molecule has 3 nitrogen and oxygen atoms in total. The minimum absolute atomic E-state index is 0.0897. The molecule has 0 bridgehead atoms. The second-order valence-electron chi connectivity index (χ2n) is 20.3. The number of benzene rings is 13. The Hall–Kier alpha value is -9.64. The van der Waals surface area contributed by atoms with Crippen LogP contribution in [0.2, 0.25) is 0 Å². The maximum Gasteiger partial charge on any atom is 0.252 e. The lowest BCUT2D eigenvalue weighted by molar-refractivity contribution is 1.13. The van der Waals surface area contributed by atoms with Gasteiger partial charge < -0.3 is 14.0 Å². The fourth-order valence-electron chi connectivity index (χ4n) is 13.5. The van der Waals surface area contributed by atoms with Crippen LogP contribution < -0.4 is 21.3 Å². The monoisotopic (exact) mass is 935 g/mol. The van der Waals surface area contributed by atoms with Gasteiger partial charge in [-0.05, 0) is 130 Å². The van der Waals surface area contributed by atoms with Crippen molar-refractivity contribution < 1.29 is 0 Å². The summed E-state index contributed by atoms with van der Waals surface area (Å²) in [7, 11) is 0. The third-order valence-corrected chi connectivity index (χ3v) is 16.6. The molecule has 4 heteroatoms. The summed E-state index contributed by atoms with van der Waals surface area (Å²) in [5.41, 5.74) is 19.5. The summed E-state index contributed by atoms with van der Waals surface area (Å²) < 4.78 is 5.31. The summed E-state index contributed by atoms with van der Waals surface area (Å²) in [5.74, 6) is 0. The lowest BCUT2D eigenvalue weighted by Gasteiger charge is -2.37. The maximum absolute atomic E-state index is 2.68. The van der Waals surface area contributed by atoms with Crippen LogP contribution in [0.3, 0.4) is 0 Å². The summed E-state index contributed by atoms with van der Waals surface area (Å²) in [6, 6.07) is 95.3. The number of aromatic nitrogens is 2. The van der Waals surface area contributed by atoms with Gasteiger partial charge in [0.15, 0.2) is 0 Å². The molecule has 0 unspecified atom stereocenters. The molecule has 0 aliphatic carbocycles. The second kappa shape index (κ2) is 15.0. The van der Waals surface area contributed by atoms with Crippen LogP contribution in [0.25, 0.3) is 120 Å². The summed E-state index contributed by atoms with van der Waals surface area (Å²) in [6.07, 6.45) is 0. The molecule has 0 atom stereocenters. The van der Waals surface area contributed by atoms with Crippen molar-refractivity contribution in [1.82, 2.24) is 9.13 Å². The standard InChI is InChI=1S/C70H42BN3/c1-3-15-43(16-4-1)45-27-33-51(34-28-45)72(52-35-29-46(30-36-52)44-17-5-2-6-18-44)62-40-39-61-67-70(62)74-60-38-32-48-20-8-12-24-54(48)64(60)66-56-26-14-10-22-50(56)42-58(69(66)74)71(67)57-41-49-21-9-13-25-55(49)65-63-53-23-11-7-19-47(53)31-37-59(63)73(61)68(57)65/h1-42H. The number of rotatable bonds is 5. The molecule has 0 saturated carbocycles. The van der Waals surface area contributed by atoms with Crippen LogP contribution in [-0.2, 0) is 0 Å². The first kappa shape index (κ1) is 40.0. The molecule has 13 aromatic carbocycles. The van der Waals surface area contributed by atoms with Crippen molar-refractivity contribution in [3.8, 4) is 33.6 Å². The fraction of sp³-hybridized carbons (Fsp3) is 0. The lowest BCUT2D eigenvalue weighted by atomic mass is 9.34. The van der Waals surface area contributed by atoms with Gasteiger partial charge in [0.05, 0.1) is 33.4 Å². The SMILES string of the molecule is c1ccc(-c2ccc(N(c3ccc(-c4ccccc4)cc3)c3ccc4c5c3-n3c6ccc7ccccc7c6c6c7ccccc7cc(c63)B5c3cc5ccccc5c5c6c7ccccc7ccc6n-4c35)cc2)cc1. The van der Waals surface area contributed by atoms with E-state index in [-0.39, 0.29) is 6.71 Å². The molecule has 74 heavy (non-hydrogen) atoms. The van der Waals surface area contributed by atoms with Crippen molar-refractivity contribution in [3.63, 3.8) is 0 Å². The van der Waals surface area contributed by atoms with E-state index in [0.29, 0.717) is 0 Å². The Morgan fingerprint density at radius 2 is 0.716 bits per heavy atom. The van der Waals surface area contributed by atoms with Crippen LogP contribution >= 0.6 is 0 Å². The van der Waals surface area contributed by atoms with Crippen LogP contribution in [0.5, 0.6) is 0 Å². The highest BCUT2D eigenvalue weighted by molar-refractivity contribution is 7.01. The van der Waals surface area contributed by atoms with E-state index in [1.54, 1.807) is 0 Å². The minimum Gasteiger partial charge on any atom is -0.310 e. The van der Waals surface area contributed by atoms with Gasteiger partial charge in [0, 0.05) is 38.6 Å². The number of anilines is 3. The Balaban J connectivity index is 1.06. The first-order chi connectivity index (χ1) is 36.7. The predicted molar refractivity (Wildman–Crippen MR) is 315 cm³/mol. The van der Waals surface area contributed by atoms with Crippen molar-refractivity contribution in [2.45, 2.75) is 0 Å². The molecule has 2 aliphatic rings. The molecular formula is C70H42BN3. The first-order valence-electron chi connectivity index (χ1n) is 25.8. The Kier molecular flexibility index (Phi) is 8.09. The van der Waals surface area contributed by atoms with Crippen molar-refractivity contribution in [3.05, 3.63) is 255 Å². The molecule has 2 aliphatic heterocycles. The van der Waals surface area contributed by atoms with E-state index in [1.165, 1.54) is 137 Å². The highest BCUT2D eigenvalue weighted by Gasteiger charge is 2.43. The van der Waals surface area contributed by atoms with E-state index in [1.807, 2.05) is 0 Å². The van der Waals surface area contributed by atoms with Crippen LogP contribution in [0.4, 0.5) is 17.1 Å². The van der Waals surface area contributed by atoms with Gasteiger partial charge in [-0.25, -0.2) is 0 Å². The van der Waals surface area contributed by atoms with Crippen molar-refractivity contribution in [1.29, 1.82) is 0 Å². The van der Waals surface area contributed by atoms with E-state index in [2.05, 4.69) is 269 Å². The van der Waals surface area contributed by atoms with Crippen LogP contribution in [0.15, 0.2) is 255 Å². The third kappa shape index (κ3) is 5.36. The highest BCUT2D eigenvalue weighted by Crippen LogP contribution is 2.49. The van der Waals surface area contributed by atoms with E-state index >= 15 is 0 Å². The molecule has 15 aromatic rings. The van der Waals surface area contributed by atoms with Gasteiger partial charge in [0.25, 0.3) is 6.71 Å². The second-order valence-corrected chi connectivity index (χ2v) is 20.3. The molecule has 17 rings (SSSR count). The Morgan fingerprint density at radius 3 is 1.22 bits per heavy atom. The number of nitrogens with zero attached hydrogens (tertiary/aromatic N) is 3. The van der Waals surface area contributed by atoms with Gasteiger partial charge in [0.1, 0.15) is 0 Å². The molecule has 0 saturated heterocycles. The minimum atomic E-state index is -0.0897. The highest BCUT2D eigenvalue weighted by atomic mass is 15.2. The number of fused-ring (bicyclic) bond motifs is 18. The van der Waals surface area contributed by atoms with Gasteiger partial charge in [-0.15, -0.1) is 0 Å². The van der Waals surface area contributed by atoms with Crippen molar-refractivity contribution >= 4 is 127 Å². The topological polar surface area (TPSA) is 13.1 Å². The molecule has 2 aromatic heterocycles. The zero-order chi connectivity index (χ0) is 48.2. The van der Waals surface area contributed by atoms with Crippen molar-refractivity contribution in [2.75, 3.05) is 4.90 Å². The Bertz CT molecular complexity index is 4790. The molecule has 0 spiro atoms. The van der Waals surface area contributed by atoms with Gasteiger partial charge in [0.2, 0.25) is 0 Å². The van der Waals surface area contributed by atoms with Gasteiger partial charge >= 0.3 is 0 Å². The van der Waals surface area contributed by atoms with Crippen molar-refractivity contribution in [2.24, 2.45) is 0 Å². The molecule has 0 N–H and O–H groups in total. The Labute approximate surface area is 427 Å². The smallest absolute Gasteiger partial charge is 0.252 e. The summed E-state index contributed by atoms with van der Waals surface area (Å²) in [5, 5.41) is 15.4. The Morgan fingerprint density at radius 1 is 0.311 bits per heavy atom. The third-order valence-electron chi connectivity index (χ3n) is 16.6. The van der Waals surface area contributed by atoms with E-state index in [9.17, 15) is 0 Å². The average molecular weight is 936 g/mol. The molecule has 4 heterocycles. The van der Waals surface area contributed by atoms with Gasteiger partial charge in [-0.2, -0.15) is 0 Å². The lowest BCUT2D eigenvalue weighted by Crippen LogP contribution is -2.59. The van der Waals surface area contributed by atoms with E-state index < -0.39 is 0 Å². The zero-order valence-electron chi connectivity index (χ0n) is 40.2. The van der Waals surface area contributed by atoms with Crippen LogP contribution in [0.1, 0.15) is 0 Å². The molecule has 340 valence electrons. The van der Waals surface area contributed by atoms with Crippen LogP contribution in [-0.4, -0.2) is 15.8 Å². The zero-order valence-corrected chi connectivity index (χ0v) is 40.2. The average Bonchev–Trinajstić information content (AvgIpc) is 4.05. The first-order valence-corrected chi connectivity index (χ1v) is 25.8. The number of hydrogen-bond donors (Lipinski definition) is 0. The van der Waals surface area contributed by atoms with Gasteiger partial charge in [-0.1, -0.05) is 206 Å². The largest absolute Gasteiger partial charge is 0.310 e. The molecule has 0 radical (unpaired) electrons. The van der Waals surface area contributed by atoms with Crippen LogP contribution in [0, 0.1) is 0 Å². The summed E-state index contributed by atoms with van der Waals surface area (Å²) >= 11 is 0. The molecule has 0 fully saturated rings. The molecular weight excluding hydrogens is 894 g/mol. The summed E-state index contributed by atoms with van der Waals surface area (Å²) in [6.45, 7) is -0.0897. The fourth-order valence-corrected chi connectivity index (χ4v) is 13.5. The quantitative estimate of drug-likeness (QED) is 0.157. The normalized spacial score (nSPS) is 12.6. The van der Waals surface area contributed by atoms with E-state index in [4.69, 9.17) is 0 Å². The predicted octanol–water partition coefficient (Wildman–Crippen LogP) is 16.4. The van der Waals surface area contributed by atoms with E-state index in [0.717, 1.165) is 17.1 Å². The molecule has 0 amide bonds. The number of hydrogen-bond acceptors (Lipinski definition) is 1. The van der Waals surface area contributed by atoms with Gasteiger partial charge in [-0.3, -0.25) is 0 Å².